The van der Waals surface area contributed by atoms with Crippen LogP contribution in [-0.2, 0) is 0 Å². The molecule has 0 aliphatic carbocycles. The first kappa shape index (κ1) is 13.6. The van der Waals surface area contributed by atoms with Crippen LogP contribution in [-0.4, -0.2) is 12.1 Å². The molecule has 0 aliphatic heterocycles. The van der Waals surface area contributed by atoms with Crippen molar-refractivity contribution in [2.75, 3.05) is 7.11 Å². The third-order valence-electron chi connectivity index (χ3n) is 2.81. The summed E-state index contributed by atoms with van der Waals surface area (Å²) in [5.41, 5.74) is 1.65. The first-order chi connectivity index (χ1) is 8.45. The smallest absolute Gasteiger partial charge is 0.193 e. The number of H-pyrrole nitrogens is 1. The lowest BCUT2D eigenvalue weighted by Gasteiger charge is -2.12. The predicted molar refractivity (Wildman–Crippen MR) is 80.6 cm³/mol. The van der Waals surface area contributed by atoms with E-state index >= 15 is 0 Å². The molecule has 0 saturated heterocycles. The Morgan fingerprint density at radius 2 is 1.89 bits per heavy atom. The van der Waals surface area contributed by atoms with E-state index in [-0.39, 0.29) is 11.3 Å². The second kappa shape index (κ2) is 5.05. The minimum absolute atomic E-state index is 0.0358. The molecule has 0 saturated carbocycles. The number of hydrogen-bond acceptors (Lipinski definition) is 2. The van der Waals surface area contributed by atoms with E-state index < -0.39 is 0 Å². The first-order valence-corrected chi connectivity index (χ1v) is 7.13. The molecule has 0 amide bonds. The van der Waals surface area contributed by atoms with Gasteiger partial charge in [-0.3, -0.25) is 4.79 Å². The van der Waals surface area contributed by atoms with Gasteiger partial charge in [0.05, 0.1) is 22.5 Å². The fourth-order valence-electron chi connectivity index (χ4n) is 1.86. The van der Waals surface area contributed by atoms with Crippen LogP contribution in [0.3, 0.4) is 0 Å². The Balaban J connectivity index is 2.95. The molecule has 3 nitrogen and oxygen atoms in total. The van der Waals surface area contributed by atoms with Crippen LogP contribution in [0.4, 0.5) is 0 Å². The maximum atomic E-state index is 12.2. The number of nitrogens with one attached hydrogen (secondary N) is 1. The molecular weight excluding hydrogens is 362 g/mol. The van der Waals surface area contributed by atoms with Crippen LogP contribution in [0, 0.1) is 0 Å². The lowest BCUT2D eigenvalue weighted by atomic mass is 10.1. The number of rotatable bonds is 2. The largest absolute Gasteiger partial charge is 0.495 e. The van der Waals surface area contributed by atoms with Crippen LogP contribution in [0.15, 0.2) is 25.9 Å². The lowest BCUT2D eigenvalue weighted by Crippen LogP contribution is -2.08. The Morgan fingerprint density at radius 3 is 2.44 bits per heavy atom. The van der Waals surface area contributed by atoms with Crippen molar-refractivity contribution in [1.29, 1.82) is 0 Å². The molecule has 5 heteroatoms. The fourth-order valence-corrected chi connectivity index (χ4v) is 3.29. The summed E-state index contributed by atoms with van der Waals surface area (Å²) in [7, 11) is 1.56. The number of methoxy groups -OCH3 is 1. The molecule has 18 heavy (non-hydrogen) atoms. The second-order valence-corrected chi connectivity index (χ2v) is 6.08. The average molecular weight is 375 g/mol. The number of aromatic nitrogens is 1. The molecule has 1 aromatic carbocycles. The van der Waals surface area contributed by atoms with Gasteiger partial charge in [0.2, 0.25) is 0 Å². The number of ether oxygens (including phenoxy) is 1. The van der Waals surface area contributed by atoms with Gasteiger partial charge in [-0.25, -0.2) is 0 Å². The molecule has 0 spiro atoms. The minimum Gasteiger partial charge on any atom is -0.495 e. The fraction of sp³-hybridized carbons (Fsp3) is 0.308. The molecule has 1 N–H and O–H groups in total. The number of pyridine rings is 1. The van der Waals surface area contributed by atoms with Gasteiger partial charge in [0.25, 0.3) is 0 Å². The van der Waals surface area contributed by atoms with Crippen LogP contribution in [0.25, 0.3) is 10.9 Å². The van der Waals surface area contributed by atoms with Crippen molar-refractivity contribution >= 4 is 42.8 Å². The van der Waals surface area contributed by atoms with Crippen molar-refractivity contribution in [2.45, 2.75) is 19.8 Å². The van der Waals surface area contributed by atoms with E-state index in [4.69, 9.17) is 4.74 Å². The van der Waals surface area contributed by atoms with Gasteiger partial charge in [0.15, 0.2) is 5.43 Å². The summed E-state index contributed by atoms with van der Waals surface area (Å²) in [6, 6.07) is 3.51. The van der Waals surface area contributed by atoms with Gasteiger partial charge < -0.3 is 9.72 Å². The molecule has 0 unspecified atom stereocenters. The Labute approximate surface area is 122 Å². The summed E-state index contributed by atoms with van der Waals surface area (Å²) in [6.45, 7) is 4.09. The number of aromatic amines is 1. The van der Waals surface area contributed by atoms with Crippen molar-refractivity contribution in [3.63, 3.8) is 0 Å². The van der Waals surface area contributed by atoms with E-state index in [9.17, 15) is 4.79 Å². The van der Waals surface area contributed by atoms with E-state index in [1.165, 1.54) is 0 Å². The summed E-state index contributed by atoms with van der Waals surface area (Å²) in [6.07, 6.45) is 0. The van der Waals surface area contributed by atoms with Crippen LogP contribution in [0.2, 0.25) is 0 Å². The Kier molecular flexibility index (Phi) is 3.82. The quantitative estimate of drug-likeness (QED) is 0.856. The summed E-state index contributed by atoms with van der Waals surface area (Å²) in [4.78, 5) is 15.5. The van der Waals surface area contributed by atoms with Gasteiger partial charge in [-0.15, -0.1) is 0 Å². The van der Waals surface area contributed by atoms with Crippen LogP contribution in [0.5, 0.6) is 5.75 Å². The lowest BCUT2D eigenvalue weighted by molar-refractivity contribution is 0.417. The van der Waals surface area contributed by atoms with Gasteiger partial charge in [-0.2, -0.15) is 0 Å². The molecule has 2 rings (SSSR count). The average Bonchev–Trinajstić information content (AvgIpc) is 2.30. The van der Waals surface area contributed by atoms with E-state index in [0.29, 0.717) is 11.1 Å². The first-order valence-electron chi connectivity index (χ1n) is 5.54. The van der Waals surface area contributed by atoms with Gasteiger partial charge in [-0.05, 0) is 43.8 Å². The molecule has 0 bridgehead atoms. The van der Waals surface area contributed by atoms with Crippen molar-refractivity contribution in [3.8, 4) is 5.75 Å². The highest BCUT2D eigenvalue weighted by atomic mass is 79.9. The molecule has 0 aliphatic rings. The standard InChI is InChI=1S/C13H13Br2NO2/c1-6(2)9-5-10(17)11-12(16-9)7(14)4-8(15)13(11)18-3/h4-6H,1-3H3,(H,16,17). The Hall–Kier alpha value is -0.810. The molecule has 1 aromatic heterocycles. The normalized spacial score (nSPS) is 11.2. The summed E-state index contributed by atoms with van der Waals surface area (Å²) in [5.74, 6) is 0.827. The molecule has 0 atom stereocenters. The highest BCUT2D eigenvalue weighted by Crippen LogP contribution is 2.36. The van der Waals surface area contributed by atoms with Crippen LogP contribution < -0.4 is 10.2 Å². The molecule has 2 aromatic rings. The molecule has 0 fully saturated rings. The Morgan fingerprint density at radius 1 is 1.22 bits per heavy atom. The van der Waals surface area contributed by atoms with Crippen LogP contribution in [0.1, 0.15) is 25.5 Å². The summed E-state index contributed by atoms with van der Waals surface area (Å²) in [5, 5.41) is 0.558. The van der Waals surface area contributed by atoms with Crippen LogP contribution >= 0.6 is 31.9 Å². The predicted octanol–water partition coefficient (Wildman–Crippen LogP) is 4.19. The highest BCUT2D eigenvalue weighted by molar-refractivity contribution is 9.11. The SMILES string of the molecule is COc1c(Br)cc(Br)c2[nH]c(C(C)C)cc(=O)c12. The van der Waals surface area contributed by atoms with Crippen molar-refractivity contribution in [2.24, 2.45) is 0 Å². The third-order valence-corrected chi connectivity index (χ3v) is 4.03. The maximum absolute atomic E-state index is 12.2. The molecule has 1 heterocycles. The van der Waals surface area contributed by atoms with Gasteiger partial charge in [0.1, 0.15) is 5.75 Å². The van der Waals surface area contributed by atoms with Gasteiger partial charge in [0, 0.05) is 16.2 Å². The zero-order valence-electron chi connectivity index (χ0n) is 10.3. The van der Waals surface area contributed by atoms with Gasteiger partial charge in [-0.1, -0.05) is 13.8 Å². The minimum atomic E-state index is -0.0358. The number of hydrogen-bond donors (Lipinski definition) is 1. The van der Waals surface area contributed by atoms with E-state index in [0.717, 1.165) is 20.2 Å². The maximum Gasteiger partial charge on any atom is 0.193 e. The zero-order valence-corrected chi connectivity index (χ0v) is 13.5. The zero-order chi connectivity index (χ0) is 13.4. The number of halogens is 2. The summed E-state index contributed by atoms with van der Waals surface area (Å²) < 4.78 is 6.90. The molecule has 0 radical (unpaired) electrons. The van der Waals surface area contributed by atoms with Crippen molar-refractivity contribution in [3.05, 3.63) is 37.0 Å². The third kappa shape index (κ3) is 2.21. The topological polar surface area (TPSA) is 42.1 Å². The van der Waals surface area contributed by atoms with E-state index in [1.54, 1.807) is 13.2 Å². The highest BCUT2D eigenvalue weighted by Gasteiger charge is 2.15. The second-order valence-electron chi connectivity index (χ2n) is 4.37. The molecule has 96 valence electrons. The Bertz CT molecular complexity index is 662. The molecular formula is C13H13Br2NO2. The van der Waals surface area contributed by atoms with E-state index in [2.05, 4.69) is 36.8 Å². The summed E-state index contributed by atoms with van der Waals surface area (Å²) >= 11 is 6.88. The number of fused-ring (bicyclic) bond motifs is 1. The van der Waals surface area contributed by atoms with Crippen molar-refractivity contribution in [1.82, 2.24) is 4.98 Å². The monoisotopic (exact) mass is 373 g/mol. The van der Waals surface area contributed by atoms with Crippen molar-refractivity contribution < 1.29 is 4.74 Å². The number of benzene rings is 1. The van der Waals surface area contributed by atoms with Gasteiger partial charge >= 0.3 is 0 Å². The van der Waals surface area contributed by atoms with E-state index in [1.807, 2.05) is 19.9 Å².